The average Bonchev–Trinajstić information content (AvgIpc) is 2.14. The number of Topliss-reactive ketones (excluding diaryl/α,β-unsaturated/α-hetero) is 1. The van der Waals surface area contributed by atoms with Gasteiger partial charge in [0.25, 0.3) is 0 Å². The smallest absolute Gasteiger partial charge is 0.152 e. The summed E-state index contributed by atoms with van der Waals surface area (Å²) in [6.07, 6.45) is 5.09. The summed E-state index contributed by atoms with van der Waals surface area (Å²) in [5, 5.41) is 0. The van der Waals surface area contributed by atoms with Gasteiger partial charge in [0.2, 0.25) is 0 Å². The number of rotatable bonds is 6. The minimum atomic E-state index is 0.144. The first-order chi connectivity index (χ1) is 7.43. The van der Waals surface area contributed by atoms with Crippen molar-refractivity contribution in [3.63, 3.8) is 0 Å². The lowest BCUT2D eigenvalue weighted by atomic mass is 9.78. The summed E-state index contributed by atoms with van der Waals surface area (Å²) < 4.78 is 0. The number of carbonyl (C=O) groups excluding carboxylic acids is 1. The van der Waals surface area contributed by atoms with Crippen LogP contribution in [0.5, 0.6) is 0 Å². The molecule has 2 heteroatoms. The molecule has 0 aliphatic heterocycles. The van der Waals surface area contributed by atoms with Crippen LogP contribution in [-0.2, 0) is 4.79 Å². The molecule has 1 atom stereocenters. The Hall–Kier alpha value is -0.370. The molecule has 0 aromatic carbocycles. The molecule has 1 aliphatic rings. The highest BCUT2D eigenvalue weighted by molar-refractivity contribution is 5.85. The fourth-order valence-corrected chi connectivity index (χ4v) is 2.27. The van der Waals surface area contributed by atoms with Gasteiger partial charge in [0.1, 0.15) is 0 Å². The Labute approximate surface area is 100 Å². The zero-order valence-corrected chi connectivity index (χ0v) is 11.5. The van der Waals surface area contributed by atoms with E-state index >= 15 is 0 Å². The van der Waals surface area contributed by atoms with Crippen LogP contribution >= 0.6 is 0 Å². The van der Waals surface area contributed by atoms with Gasteiger partial charge in [-0.2, -0.15) is 0 Å². The molecule has 1 aliphatic carbocycles. The first kappa shape index (κ1) is 13.7. The first-order valence-electron chi connectivity index (χ1n) is 6.69. The predicted octanol–water partition coefficient (Wildman–Crippen LogP) is 3.11. The topological polar surface area (TPSA) is 20.3 Å². The second kappa shape index (κ2) is 5.81. The molecule has 0 heterocycles. The minimum Gasteiger partial charge on any atom is -0.298 e. The molecule has 0 amide bonds. The molecule has 0 unspecified atom stereocenters. The van der Waals surface area contributed by atoms with Gasteiger partial charge in [-0.15, -0.1) is 0 Å². The van der Waals surface area contributed by atoms with Crippen LogP contribution in [0, 0.1) is 11.8 Å². The summed E-state index contributed by atoms with van der Waals surface area (Å²) >= 11 is 0. The third kappa shape index (κ3) is 3.31. The number of hydrogen-bond acceptors (Lipinski definition) is 2. The average molecular weight is 225 g/mol. The van der Waals surface area contributed by atoms with E-state index in [9.17, 15) is 4.79 Å². The second-order valence-electron chi connectivity index (χ2n) is 5.86. The second-order valence-corrected chi connectivity index (χ2v) is 5.86. The van der Waals surface area contributed by atoms with E-state index in [2.05, 4.69) is 25.8 Å². The zero-order chi connectivity index (χ0) is 12.3. The highest BCUT2D eigenvalue weighted by Gasteiger charge is 2.31. The summed E-state index contributed by atoms with van der Waals surface area (Å²) in [4.78, 5) is 14.5. The zero-order valence-electron chi connectivity index (χ0n) is 11.5. The molecule has 0 aromatic heterocycles. The van der Waals surface area contributed by atoms with E-state index in [0.29, 0.717) is 11.8 Å². The Morgan fingerprint density at radius 2 is 1.81 bits per heavy atom. The molecule has 2 nitrogen and oxygen atoms in total. The number of carbonyl (C=O) groups is 1. The fraction of sp³-hybridized carbons (Fsp3) is 0.929. The highest BCUT2D eigenvalue weighted by atomic mass is 16.1. The van der Waals surface area contributed by atoms with Crippen molar-refractivity contribution in [3.8, 4) is 0 Å². The molecule has 0 N–H and O–H groups in total. The largest absolute Gasteiger partial charge is 0.298 e. The van der Waals surface area contributed by atoms with Crippen molar-refractivity contribution in [3.05, 3.63) is 0 Å². The van der Waals surface area contributed by atoms with Gasteiger partial charge in [0.15, 0.2) is 5.78 Å². The van der Waals surface area contributed by atoms with Crippen LogP contribution in [0.2, 0.25) is 0 Å². The van der Waals surface area contributed by atoms with Gasteiger partial charge in [0, 0.05) is 12.0 Å². The lowest BCUT2D eigenvalue weighted by Gasteiger charge is -2.36. The van der Waals surface area contributed by atoms with E-state index in [1.807, 2.05) is 13.8 Å². The summed E-state index contributed by atoms with van der Waals surface area (Å²) in [7, 11) is 2.09. The standard InChI is InChI=1S/C14H27NO/c1-10(2)14(16)13(15(5)11(3)4)9-12-7-6-8-12/h10-13H,6-9H2,1-5H3/t13-/m0/s1. The molecule has 94 valence electrons. The van der Waals surface area contributed by atoms with Gasteiger partial charge in [-0.1, -0.05) is 33.1 Å². The maximum absolute atomic E-state index is 12.2. The summed E-state index contributed by atoms with van der Waals surface area (Å²) in [5.74, 6) is 1.38. The molecular weight excluding hydrogens is 198 g/mol. The highest BCUT2D eigenvalue weighted by Crippen LogP contribution is 2.32. The van der Waals surface area contributed by atoms with E-state index in [1.165, 1.54) is 19.3 Å². The van der Waals surface area contributed by atoms with Crippen molar-refractivity contribution in [2.75, 3.05) is 7.05 Å². The van der Waals surface area contributed by atoms with Crippen molar-refractivity contribution in [2.45, 2.75) is 65.5 Å². The Kier molecular flexibility index (Phi) is 4.97. The SMILES string of the molecule is CC(C)C(=O)[C@H](CC1CCC1)N(C)C(C)C. The Morgan fingerprint density at radius 3 is 2.12 bits per heavy atom. The van der Waals surface area contributed by atoms with Gasteiger partial charge in [-0.25, -0.2) is 0 Å². The van der Waals surface area contributed by atoms with Gasteiger partial charge in [-0.3, -0.25) is 9.69 Å². The van der Waals surface area contributed by atoms with E-state index in [4.69, 9.17) is 0 Å². The number of ketones is 1. The van der Waals surface area contributed by atoms with Crippen LogP contribution in [-0.4, -0.2) is 29.8 Å². The van der Waals surface area contributed by atoms with Gasteiger partial charge >= 0.3 is 0 Å². The lowest BCUT2D eigenvalue weighted by molar-refractivity contribution is -0.128. The third-order valence-corrected chi connectivity index (χ3v) is 3.98. The van der Waals surface area contributed by atoms with Crippen molar-refractivity contribution in [2.24, 2.45) is 11.8 Å². The summed E-state index contributed by atoms with van der Waals surface area (Å²) in [6.45, 7) is 8.37. The molecule has 0 spiro atoms. The predicted molar refractivity (Wildman–Crippen MR) is 68.5 cm³/mol. The molecule has 1 saturated carbocycles. The van der Waals surface area contributed by atoms with E-state index in [0.717, 1.165) is 12.3 Å². The van der Waals surface area contributed by atoms with Crippen LogP contribution in [0.3, 0.4) is 0 Å². The first-order valence-corrected chi connectivity index (χ1v) is 6.69. The summed E-state index contributed by atoms with van der Waals surface area (Å²) in [6, 6.07) is 0.595. The van der Waals surface area contributed by atoms with Crippen LogP contribution in [0.4, 0.5) is 0 Å². The van der Waals surface area contributed by atoms with Crippen LogP contribution in [0.15, 0.2) is 0 Å². The Balaban J connectivity index is 2.63. The van der Waals surface area contributed by atoms with Gasteiger partial charge < -0.3 is 0 Å². The molecule has 16 heavy (non-hydrogen) atoms. The van der Waals surface area contributed by atoms with Gasteiger partial charge in [0.05, 0.1) is 6.04 Å². The maximum Gasteiger partial charge on any atom is 0.152 e. The molecule has 0 saturated heterocycles. The van der Waals surface area contributed by atoms with E-state index in [1.54, 1.807) is 0 Å². The molecule has 0 bridgehead atoms. The number of nitrogens with zero attached hydrogens (tertiary/aromatic N) is 1. The van der Waals surface area contributed by atoms with Crippen LogP contribution in [0.25, 0.3) is 0 Å². The molecular formula is C14H27NO. The molecule has 1 rings (SSSR count). The lowest BCUT2D eigenvalue weighted by Crippen LogP contribution is -2.45. The minimum absolute atomic E-state index is 0.144. The molecule has 0 aromatic rings. The third-order valence-electron chi connectivity index (χ3n) is 3.98. The van der Waals surface area contributed by atoms with Crippen LogP contribution < -0.4 is 0 Å². The Bertz CT molecular complexity index is 231. The Morgan fingerprint density at radius 1 is 1.25 bits per heavy atom. The number of hydrogen-bond donors (Lipinski definition) is 0. The molecule has 0 radical (unpaired) electrons. The normalized spacial score (nSPS) is 19.2. The quantitative estimate of drug-likeness (QED) is 0.692. The van der Waals surface area contributed by atoms with Crippen molar-refractivity contribution in [1.82, 2.24) is 4.90 Å². The van der Waals surface area contributed by atoms with E-state index in [-0.39, 0.29) is 12.0 Å². The maximum atomic E-state index is 12.2. The number of likely N-dealkylation sites (N-methyl/N-ethyl adjacent to an activating group) is 1. The van der Waals surface area contributed by atoms with Crippen molar-refractivity contribution in [1.29, 1.82) is 0 Å². The van der Waals surface area contributed by atoms with Crippen LogP contribution in [0.1, 0.15) is 53.4 Å². The fourth-order valence-electron chi connectivity index (χ4n) is 2.27. The van der Waals surface area contributed by atoms with Crippen molar-refractivity contribution >= 4 is 5.78 Å². The molecule has 1 fully saturated rings. The van der Waals surface area contributed by atoms with E-state index < -0.39 is 0 Å². The van der Waals surface area contributed by atoms with Gasteiger partial charge in [-0.05, 0) is 33.2 Å². The van der Waals surface area contributed by atoms with Crippen molar-refractivity contribution < 1.29 is 4.79 Å². The summed E-state index contributed by atoms with van der Waals surface area (Å²) in [5.41, 5.74) is 0. The monoisotopic (exact) mass is 225 g/mol.